The highest BCUT2D eigenvalue weighted by atomic mass is 28.4. The summed E-state index contributed by atoms with van der Waals surface area (Å²) in [5, 5.41) is 11.3. The fourth-order valence-electron chi connectivity index (χ4n) is 8.42. The summed E-state index contributed by atoms with van der Waals surface area (Å²) in [4.78, 5) is 12.4. The number of hydrogen-bond acceptors (Lipinski definition) is 3. The number of rotatable bonds is 3. The van der Waals surface area contributed by atoms with Gasteiger partial charge in [-0.2, -0.15) is 0 Å². The Labute approximate surface area is 173 Å². The molecule has 0 amide bonds. The second-order valence-electron chi connectivity index (χ2n) is 12.2. The van der Waals surface area contributed by atoms with E-state index in [-0.39, 0.29) is 11.2 Å². The Bertz CT molecular complexity index is 642. The molecule has 0 saturated heterocycles. The van der Waals surface area contributed by atoms with Crippen LogP contribution in [0, 0.1) is 34.5 Å². The average molecular weight is 407 g/mol. The number of Topliss-reactive ketones (excluding diaryl/α,β-unsaturated/α-hetero) is 1. The van der Waals surface area contributed by atoms with Crippen molar-refractivity contribution in [2.45, 2.75) is 110 Å². The number of carbonyl (C=O) groups is 1. The first-order valence-corrected chi connectivity index (χ1v) is 15.2. The molecule has 1 N–H and O–H groups in total. The molecule has 8 atom stereocenters. The smallest absolute Gasteiger partial charge is 0.184 e. The lowest BCUT2D eigenvalue weighted by molar-refractivity contribution is -0.170. The summed E-state index contributed by atoms with van der Waals surface area (Å²) in [5.41, 5.74) is -0.856. The minimum atomic E-state index is -1.47. The quantitative estimate of drug-likeness (QED) is 0.623. The fraction of sp³-hybridized carbons (Fsp3) is 0.958. The molecule has 0 heterocycles. The molecule has 0 aliphatic heterocycles. The molecule has 0 bridgehead atoms. The molecule has 3 nitrogen and oxygen atoms in total. The van der Waals surface area contributed by atoms with Gasteiger partial charge in [-0.3, -0.25) is 4.79 Å². The summed E-state index contributed by atoms with van der Waals surface area (Å²) < 4.78 is 6.52. The van der Waals surface area contributed by atoms with Crippen molar-refractivity contribution in [1.29, 1.82) is 0 Å². The predicted octanol–water partition coefficient (Wildman–Crippen LogP) is 5.57. The molecule has 0 aromatic rings. The molecule has 4 aliphatic rings. The maximum Gasteiger partial charge on any atom is 0.184 e. The Balaban J connectivity index is 1.54. The van der Waals surface area contributed by atoms with Gasteiger partial charge in [0.1, 0.15) is 5.60 Å². The van der Waals surface area contributed by atoms with Crippen LogP contribution in [0.2, 0.25) is 19.6 Å². The van der Waals surface area contributed by atoms with Crippen molar-refractivity contribution in [2.24, 2.45) is 34.5 Å². The van der Waals surface area contributed by atoms with Crippen LogP contribution < -0.4 is 0 Å². The lowest BCUT2D eigenvalue weighted by Crippen LogP contribution is -2.58. The largest absolute Gasteiger partial charge is 0.415 e. The van der Waals surface area contributed by atoms with Gasteiger partial charge in [-0.1, -0.05) is 13.8 Å². The lowest BCUT2D eigenvalue weighted by atomic mass is 9.44. The maximum absolute atomic E-state index is 12.4. The van der Waals surface area contributed by atoms with E-state index >= 15 is 0 Å². The van der Waals surface area contributed by atoms with Crippen molar-refractivity contribution < 1.29 is 14.3 Å². The summed E-state index contributed by atoms with van der Waals surface area (Å²) >= 11 is 0. The molecule has 0 radical (unpaired) electrons. The van der Waals surface area contributed by atoms with Gasteiger partial charge in [-0.25, -0.2) is 0 Å². The Hall–Kier alpha value is -0.193. The third kappa shape index (κ3) is 3.00. The van der Waals surface area contributed by atoms with Crippen LogP contribution in [-0.4, -0.2) is 30.9 Å². The third-order valence-corrected chi connectivity index (χ3v) is 10.9. The Morgan fingerprint density at radius 2 is 1.64 bits per heavy atom. The van der Waals surface area contributed by atoms with Gasteiger partial charge in [-0.15, -0.1) is 0 Å². The normalized spacial score (nSPS) is 51.2. The number of hydrogen-bond donors (Lipinski definition) is 1. The molecule has 4 aliphatic carbocycles. The number of ketones is 1. The van der Waals surface area contributed by atoms with Crippen LogP contribution in [0.1, 0.15) is 78.6 Å². The first-order valence-electron chi connectivity index (χ1n) is 11.8. The molecular formula is C24H42O3Si. The van der Waals surface area contributed by atoms with Crippen LogP contribution >= 0.6 is 0 Å². The van der Waals surface area contributed by atoms with Crippen molar-refractivity contribution >= 4 is 14.1 Å². The first kappa shape index (κ1) is 21.1. The maximum atomic E-state index is 12.4. The zero-order valence-corrected chi connectivity index (χ0v) is 20.0. The highest BCUT2D eigenvalue weighted by Crippen LogP contribution is 2.68. The van der Waals surface area contributed by atoms with Gasteiger partial charge in [-0.05, 0) is 113 Å². The van der Waals surface area contributed by atoms with Crippen LogP contribution in [0.3, 0.4) is 0 Å². The van der Waals surface area contributed by atoms with Crippen molar-refractivity contribution in [1.82, 2.24) is 0 Å². The second-order valence-corrected chi connectivity index (χ2v) is 16.7. The van der Waals surface area contributed by atoms with E-state index in [1.54, 1.807) is 6.92 Å². The van der Waals surface area contributed by atoms with E-state index in [4.69, 9.17) is 4.43 Å². The van der Waals surface area contributed by atoms with E-state index in [1.165, 1.54) is 38.5 Å². The Kier molecular flexibility index (Phi) is 5.00. The molecule has 4 fully saturated rings. The van der Waals surface area contributed by atoms with Crippen LogP contribution in [0.4, 0.5) is 0 Å². The van der Waals surface area contributed by atoms with Crippen molar-refractivity contribution in [3.63, 3.8) is 0 Å². The van der Waals surface area contributed by atoms with E-state index < -0.39 is 13.9 Å². The number of aliphatic hydroxyl groups is 1. The first-order chi connectivity index (χ1) is 12.9. The lowest BCUT2D eigenvalue weighted by Gasteiger charge is -2.61. The van der Waals surface area contributed by atoms with E-state index in [9.17, 15) is 9.90 Å². The Morgan fingerprint density at radius 1 is 0.964 bits per heavy atom. The molecule has 0 aromatic carbocycles. The summed E-state index contributed by atoms with van der Waals surface area (Å²) in [7, 11) is -1.47. The van der Waals surface area contributed by atoms with E-state index in [1.807, 2.05) is 0 Å². The van der Waals surface area contributed by atoms with Gasteiger partial charge in [0, 0.05) is 11.5 Å². The fourth-order valence-corrected chi connectivity index (χ4v) is 9.63. The average Bonchev–Trinajstić information content (AvgIpc) is 2.87. The van der Waals surface area contributed by atoms with Crippen molar-refractivity contribution in [3.8, 4) is 0 Å². The molecule has 0 unspecified atom stereocenters. The van der Waals surface area contributed by atoms with Gasteiger partial charge < -0.3 is 9.53 Å². The highest BCUT2D eigenvalue weighted by Gasteiger charge is 2.66. The molecule has 4 heteroatoms. The zero-order valence-electron chi connectivity index (χ0n) is 19.0. The van der Waals surface area contributed by atoms with Crippen molar-refractivity contribution in [3.05, 3.63) is 0 Å². The molecule has 0 spiro atoms. The van der Waals surface area contributed by atoms with Gasteiger partial charge in [0.15, 0.2) is 14.1 Å². The van der Waals surface area contributed by atoms with E-state index in [0.717, 1.165) is 24.7 Å². The highest BCUT2D eigenvalue weighted by molar-refractivity contribution is 6.69. The third-order valence-electron chi connectivity index (χ3n) is 9.87. The minimum Gasteiger partial charge on any atom is -0.415 e. The zero-order chi connectivity index (χ0) is 20.5. The predicted molar refractivity (Wildman–Crippen MR) is 116 cm³/mol. The summed E-state index contributed by atoms with van der Waals surface area (Å²) in [6, 6.07) is 0. The monoisotopic (exact) mass is 406 g/mol. The van der Waals surface area contributed by atoms with E-state index in [2.05, 4.69) is 33.5 Å². The van der Waals surface area contributed by atoms with Crippen molar-refractivity contribution in [2.75, 3.05) is 0 Å². The summed E-state index contributed by atoms with van der Waals surface area (Å²) in [6.45, 7) is 13.4. The van der Waals surface area contributed by atoms with Gasteiger partial charge in [0.2, 0.25) is 0 Å². The SMILES string of the molecule is CC(=O)[C@@]1(O)CC[C@H]2[C@@H]3CC[C@H]4C[C@H](O[Si](C)(C)C)CC[C@]4(C)[C@H]3CC[C@@]21C. The number of fused-ring (bicyclic) bond motifs is 5. The molecule has 28 heavy (non-hydrogen) atoms. The van der Waals surface area contributed by atoms with Gasteiger partial charge in [0.05, 0.1) is 0 Å². The van der Waals surface area contributed by atoms with Crippen LogP contribution in [0.25, 0.3) is 0 Å². The molecule has 4 rings (SSSR count). The van der Waals surface area contributed by atoms with Crippen LogP contribution in [-0.2, 0) is 9.22 Å². The molecule has 4 saturated carbocycles. The Morgan fingerprint density at radius 3 is 2.29 bits per heavy atom. The molecule has 160 valence electrons. The topological polar surface area (TPSA) is 46.5 Å². The van der Waals surface area contributed by atoms with Crippen LogP contribution in [0.5, 0.6) is 0 Å². The van der Waals surface area contributed by atoms with Crippen LogP contribution in [0.15, 0.2) is 0 Å². The summed E-state index contributed by atoms with van der Waals surface area (Å²) in [5.74, 6) is 2.78. The van der Waals surface area contributed by atoms with E-state index in [0.29, 0.717) is 29.8 Å². The summed E-state index contributed by atoms with van der Waals surface area (Å²) in [6.07, 6.45) is 10.8. The second kappa shape index (κ2) is 6.65. The molecular weight excluding hydrogens is 364 g/mol. The number of carbonyl (C=O) groups excluding carboxylic acids is 1. The minimum absolute atomic E-state index is 0.000137. The van der Waals surface area contributed by atoms with Gasteiger partial charge >= 0.3 is 0 Å². The molecule has 0 aromatic heterocycles. The van der Waals surface area contributed by atoms with Gasteiger partial charge in [0.25, 0.3) is 0 Å². The standard InChI is InChI=1S/C24H42O3Si/c1-16(25)24(26)14-11-21-19-8-7-17-15-18(27-28(4,5)6)9-12-22(17,2)20(19)10-13-23(21,24)3/h17-21,26H,7-15H2,1-6H3/t17-,18+,19+,20-,21-,22-,23-,24-/m0/s1.